The normalized spacial score (nSPS) is 11.9. The van der Waals surface area contributed by atoms with Crippen molar-refractivity contribution in [2.75, 3.05) is 0 Å². The topological polar surface area (TPSA) is 35.6 Å². The van der Waals surface area contributed by atoms with Crippen molar-refractivity contribution in [2.24, 2.45) is 0 Å². The molecular formula is C42H26N4. The van der Waals surface area contributed by atoms with E-state index in [1.807, 2.05) is 6.07 Å². The van der Waals surface area contributed by atoms with Crippen LogP contribution in [0, 0.1) is 0 Å². The van der Waals surface area contributed by atoms with Gasteiger partial charge in [0.25, 0.3) is 0 Å². The van der Waals surface area contributed by atoms with Crippen LogP contribution in [0.5, 0.6) is 0 Å². The Labute approximate surface area is 264 Å². The predicted octanol–water partition coefficient (Wildman–Crippen LogP) is 10.6. The average molecular weight is 587 g/mol. The third kappa shape index (κ3) is 3.55. The summed E-state index contributed by atoms with van der Waals surface area (Å²) in [6, 6.07) is 55.9. The summed E-state index contributed by atoms with van der Waals surface area (Å²) < 4.78 is 4.70. The van der Waals surface area contributed by atoms with Crippen LogP contribution in [0.2, 0.25) is 0 Å². The molecule has 0 aliphatic rings. The van der Waals surface area contributed by atoms with Gasteiger partial charge in [0, 0.05) is 38.2 Å². The summed E-state index contributed by atoms with van der Waals surface area (Å²) in [6.45, 7) is 0. The van der Waals surface area contributed by atoms with Crippen molar-refractivity contribution in [3.05, 3.63) is 158 Å². The highest BCUT2D eigenvalue weighted by atomic mass is 15.2. The van der Waals surface area contributed by atoms with Gasteiger partial charge in [-0.2, -0.15) is 0 Å². The molecule has 0 aliphatic carbocycles. The molecule has 0 fully saturated rings. The fourth-order valence-electron chi connectivity index (χ4n) is 7.27. The summed E-state index contributed by atoms with van der Waals surface area (Å²) in [4.78, 5) is 10.6. The van der Waals surface area contributed by atoms with Gasteiger partial charge in [-0.05, 0) is 41.1 Å². The molecule has 0 aliphatic heterocycles. The minimum atomic E-state index is 0.659. The number of hydrogen-bond acceptors (Lipinski definition) is 2. The van der Waals surface area contributed by atoms with Gasteiger partial charge in [0.05, 0.1) is 33.3 Å². The molecule has 0 radical (unpaired) electrons. The zero-order valence-corrected chi connectivity index (χ0v) is 24.8. The van der Waals surface area contributed by atoms with Crippen molar-refractivity contribution >= 4 is 65.3 Å². The molecule has 7 aromatic carbocycles. The third-order valence-electron chi connectivity index (χ3n) is 9.30. The van der Waals surface area contributed by atoms with Gasteiger partial charge in [-0.3, -0.25) is 4.57 Å². The van der Waals surface area contributed by atoms with Crippen LogP contribution in [0.4, 0.5) is 0 Å². The van der Waals surface area contributed by atoms with Crippen molar-refractivity contribution in [2.45, 2.75) is 0 Å². The molecule has 10 aromatic rings. The van der Waals surface area contributed by atoms with Gasteiger partial charge in [-0.15, -0.1) is 0 Å². The van der Waals surface area contributed by atoms with Gasteiger partial charge in [-0.25, -0.2) is 9.97 Å². The fourth-order valence-corrected chi connectivity index (χ4v) is 7.27. The molecule has 4 heteroatoms. The molecule has 3 aromatic heterocycles. The van der Waals surface area contributed by atoms with Crippen LogP contribution in [-0.4, -0.2) is 19.1 Å². The van der Waals surface area contributed by atoms with Crippen molar-refractivity contribution in [3.8, 4) is 22.9 Å². The maximum absolute atomic E-state index is 5.36. The summed E-state index contributed by atoms with van der Waals surface area (Å²) >= 11 is 0. The molecule has 214 valence electrons. The fraction of sp³-hybridized carbons (Fsp3) is 0. The van der Waals surface area contributed by atoms with Crippen LogP contribution < -0.4 is 0 Å². The standard InChI is InChI=1S/C42H26N4/c1-2-13-28(14-3-1)39-35-18-6-9-19-36(35)43-42(44-39)46-38-21-11-8-17-32(38)34-25-24-33-31-16-7-10-20-37(31)45(40(33)41(34)46)30-23-22-27-12-4-5-15-29(27)26-30/h1-26H. The van der Waals surface area contributed by atoms with Gasteiger partial charge in [0.15, 0.2) is 0 Å². The van der Waals surface area contributed by atoms with Crippen LogP contribution in [-0.2, 0) is 0 Å². The van der Waals surface area contributed by atoms with Crippen molar-refractivity contribution in [1.29, 1.82) is 0 Å². The Morgan fingerprint density at radius 1 is 0.391 bits per heavy atom. The SMILES string of the molecule is c1ccc(-c2nc(-n3c4ccccc4c4ccc5c6ccccc6n(-c6ccc7ccccc7c6)c5c43)nc3ccccc23)cc1. The molecule has 0 amide bonds. The van der Waals surface area contributed by atoms with Crippen molar-refractivity contribution < 1.29 is 0 Å². The first-order valence-electron chi connectivity index (χ1n) is 15.6. The second-order valence-corrected chi connectivity index (χ2v) is 11.8. The zero-order chi connectivity index (χ0) is 30.2. The molecule has 10 rings (SSSR count). The first-order valence-corrected chi connectivity index (χ1v) is 15.6. The molecule has 0 atom stereocenters. The number of hydrogen-bond donors (Lipinski definition) is 0. The molecule has 0 saturated heterocycles. The number of fused-ring (bicyclic) bond motifs is 9. The lowest BCUT2D eigenvalue weighted by Gasteiger charge is -2.14. The lowest BCUT2D eigenvalue weighted by molar-refractivity contribution is 1.01. The number of nitrogens with zero attached hydrogens (tertiary/aromatic N) is 4. The van der Waals surface area contributed by atoms with Gasteiger partial charge >= 0.3 is 0 Å². The molecule has 0 bridgehead atoms. The van der Waals surface area contributed by atoms with E-state index < -0.39 is 0 Å². The highest BCUT2D eigenvalue weighted by molar-refractivity contribution is 6.23. The van der Waals surface area contributed by atoms with E-state index in [9.17, 15) is 0 Å². The summed E-state index contributed by atoms with van der Waals surface area (Å²) in [7, 11) is 0. The zero-order valence-electron chi connectivity index (χ0n) is 24.8. The minimum absolute atomic E-state index is 0.659. The van der Waals surface area contributed by atoms with E-state index in [4.69, 9.17) is 9.97 Å². The molecule has 0 unspecified atom stereocenters. The van der Waals surface area contributed by atoms with Crippen LogP contribution in [0.1, 0.15) is 0 Å². The first-order chi connectivity index (χ1) is 22.8. The van der Waals surface area contributed by atoms with Crippen LogP contribution in [0.25, 0.3) is 88.2 Å². The second-order valence-electron chi connectivity index (χ2n) is 11.8. The Kier molecular flexibility index (Phi) is 5.25. The monoisotopic (exact) mass is 586 g/mol. The highest BCUT2D eigenvalue weighted by Gasteiger charge is 2.23. The Balaban J connectivity index is 1.40. The lowest BCUT2D eigenvalue weighted by Crippen LogP contribution is -2.04. The smallest absolute Gasteiger partial charge is 0.235 e. The van der Waals surface area contributed by atoms with Gasteiger partial charge in [-0.1, -0.05) is 127 Å². The van der Waals surface area contributed by atoms with Gasteiger partial charge < -0.3 is 4.57 Å². The molecule has 46 heavy (non-hydrogen) atoms. The molecule has 0 saturated carbocycles. The number of para-hydroxylation sites is 3. The number of rotatable bonds is 3. The van der Waals surface area contributed by atoms with Crippen LogP contribution >= 0.6 is 0 Å². The maximum Gasteiger partial charge on any atom is 0.235 e. The lowest BCUT2D eigenvalue weighted by atomic mass is 10.1. The van der Waals surface area contributed by atoms with E-state index in [0.29, 0.717) is 5.95 Å². The van der Waals surface area contributed by atoms with Crippen LogP contribution in [0.3, 0.4) is 0 Å². The second kappa shape index (κ2) is 9.62. The van der Waals surface area contributed by atoms with Crippen molar-refractivity contribution in [3.63, 3.8) is 0 Å². The Morgan fingerprint density at radius 3 is 1.74 bits per heavy atom. The summed E-state index contributed by atoms with van der Waals surface area (Å²) in [5.74, 6) is 0.659. The van der Waals surface area contributed by atoms with Gasteiger partial charge in [0.2, 0.25) is 5.95 Å². The summed E-state index contributed by atoms with van der Waals surface area (Å²) in [5.41, 5.74) is 8.52. The van der Waals surface area contributed by atoms with E-state index in [1.165, 1.54) is 37.8 Å². The van der Waals surface area contributed by atoms with E-state index in [1.54, 1.807) is 0 Å². The molecular weight excluding hydrogens is 560 g/mol. The number of aromatic nitrogens is 4. The van der Waals surface area contributed by atoms with Crippen LogP contribution in [0.15, 0.2) is 158 Å². The first kappa shape index (κ1) is 25.1. The highest BCUT2D eigenvalue weighted by Crippen LogP contribution is 2.42. The Bertz CT molecular complexity index is 2810. The number of benzene rings is 7. The van der Waals surface area contributed by atoms with E-state index in [2.05, 4.69) is 161 Å². The largest absolute Gasteiger partial charge is 0.307 e. The third-order valence-corrected chi connectivity index (χ3v) is 9.30. The average Bonchev–Trinajstić information content (AvgIpc) is 3.64. The van der Waals surface area contributed by atoms with Gasteiger partial charge in [0.1, 0.15) is 0 Å². The van der Waals surface area contributed by atoms with E-state index >= 15 is 0 Å². The van der Waals surface area contributed by atoms with E-state index in [-0.39, 0.29) is 0 Å². The summed E-state index contributed by atoms with van der Waals surface area (Å²) in [6.07, 6.45) is 0. The molecule has 4 nitrogen and oxygen atoms in total. The Morgan fingerprint density at radius 2 is 0.978 bits per heavy atom. The molecule has 0 spiro atoms. The summed E-state index contributed by atoms with van der Waals surface area (Å²) in [5, 5.41) is 8.23. The Hall–Kier alpha value is -6.26. The van der Waals surface area contributed by atoms with E-state index in [0.717, 1.165) is 44.4 Å². The van der Waals surface area contributed by atoms with Crippen molar-refractivity contribution in [1.82, 2.24) is 19.1 Å². The molecule has 0 N–H and O–H groups in total. The predicted molar refractivity (Wildman–Crippen MR) is 191 cm³/mol. The maximum atomic E-state index is 5.36. The molecule has 3 heterocycles. The minimum Gasteiger partial charge on any atom is -0.307 e. The quantitative estimate of drug-likeness (QED) is 0.206.